The lowest BCUT2D eigenvalue weighted by Gasteiger charge is -2.22. The highest BCUT2D eigenvalue weighted by Crippen LogP contribution is 2.32. The van der Waals surface area contributed by atoms with E-state index in [0.717, 1.165) is 52.7 Å². The number of hydrogen-bond acceptors (Lipinski definition) is 3. The van der Waals surface area contributed by atoms with E-state index in [0.29, 0.717) is 0 Å². The SMILES string of the molecule is CCCCCCCCOc1ccc(N(C)c2cc(-c3ccccc3)nc(-c3ccccc3)c2)cc1. The van der Waals surface area contributed by atoms with Gasteiger partial charge in [0.15, 0.2) is 0 Å². The van der Waals surface area contributed by atoms with E-state index in [4.69, 9.17) is 9.72 Å². The molecule has 4 aromatic rings. The molecule has 0 amide bonds. The maximum absolute atomic E-state index is 5.98. The summed E-state index contributed by atoms with van der Waals surface area (Å²) in [5.41, 5.74) is 6.36. The average Bonchev–Trinajstić information content (AvgIpc) is 2.93. The quantitative estimate of drug-likeness (QED) is 0.196. The molecule has 1 aromatic heterocycles. The highest BCUT2D eigenvalue weighted by molar-refractivity contribution is 5.75. The van der Waals surface area contributed by atoms with E-state index in [2.05, 4.69) is 104 Å². The van der Waals surface area contributed by atoms with Gasteiger partial charge in [-0.1, -0.05) is 99.7 Å². The molecule has 3 aromatic carbocycles. The Morgan fingerprint density at radius 2 is 1.17 bits per heavy atom. The molecule has 0 saturated heterocycles. The second-order valence-electron chi connectivity index (χ2n) is 9.00. The second kappa shape index (κ2) is 12.8. The van der Waals surface area contributed by atoms with E-state index in [1.54, 1.807) is 0 Å². The van der Waals surface area contributed by atoms with E-state index in [-0.39, 0.29) is 0 Å². The van der Waals surface area contributed by atoms with Gasteiger partial charge in [0.25, 0.3) is 0 Å². The minimum absolute atomic E-state index is 0.784. The Bertz CT molecular complexity index is 1100. The van der Waals surface area contributed by atoms with Crippen LogP contribution in [0.2, 0.25) is 0 Å². The number of pyridine rings is 1. The summed E-state index contributed by atoms with van der Waals surface area (Å²) in [5, 5.41) is 0. The van der Waals surface area contributed by atoms with Crippen LogP contribution in [0.4, 0.5) is 11.4 Å². The molecule has 35 heavy (non-hydrogen) atoms. The monoisotopic (exact) mass is 464 g/mol. The summed E-state index contributed by atoms with van der Waals surface area (Å²) in [6.07, 6.45) is 7.64. The van der Waals surface area contributed by atoms with Gasteiger partial charge in [-0.2, -0.15) is 0 Å². The molecule has 0 atom stereocenters. The minimum atomic E-state index is 0.784. The largest absolute Gasteiger partial charge is 0.494 e. The standard InChI is InChI=1S/C32H36N2O/c1-3-4-5-6-7-14-23-35-30-21-19-28(20-22-30)34(2)29-24-31(26-15-10-8-11-16-26)33-32(25-29)27-17-12-9-13-18-27/h8-13,15-22,24-25H,3-7,14,23H2,1-2H3. The molecular weight excluding hydrogens is 428 g/mol. The van der Waals surface area contributed by atoms with Crippen LogP contribution in [0.1, 0.15) is 45.4 Å². The third-order valence-corrected chi connectivity index (χ3v) is 6.33. The molecule has 4 rings (SSSR count). The number of rotatable bonds is 12. The lowest BCUT2D eigenvalue weighted by Crippen LogP contribution is -2.10. The average molecular weight is 465 g/mol. The first kappa shape index (κ1) is 24.5. The molecule has 0 bridgehead atoms. The van der Waals surface area contributed by atoms with E-state index in [1.165, 1.54) is 32.1 Å². The van der Waals surface area contributed by atoms with Crippen molar-refractivity contribution < 1.29 is 4.74 Å². The van der Waals surface area contributed by atoms with Crippen LogP contribution in [0.25, 0.3) is 22.5 Å². The van der Waals surface area contributed by atoms with Gasteiger partial charge >= 0.3 is 0 Å². The summed E-state index contributed by atoms with van der Waals surface area (Å²) in [6.45, 7) is 3.04. The molecule has 3 nitrogen and oxygen atoms in total. The highest BCUT2D eigenvalue weighted by atomic mass is 16.5. The Morgan fingerprint density at radius 3 is 1.74 bits per heavy atom. The van der Waals surface area contributed by atoms with Gasteiger partial charge in [-0.25, -0.2) is 4.98 Å². The van der Waals surface area contributed by atoms with Crippen molar-refractivity contribution in [3.05, 3.63) is 97.1 Å². The zero-order valence-corrected chi connectivity index (χ0v) is 21.0. The number of ether oxygens (including phenoxy) is 1. The molecule has 0 N–H and O–H groups in total. The van der Waals surface area contributed by atoms with Crippen molar-refractivity contribution >= 4 is 11.4 Å². The Labute approximate surface area is 210 Å². The summed E-state index contributed by atoms with van der Waals surface area (Å²) in [7, 11) is 2.10. The lowest BCUT2D eigenvalue weighted by atomic mass is 10.1. The molecule has 0 radical (unpaired) electrons. The van der Waals surface area contributed by atoms with Gasteiger partial charge < -0.3 is 9.64 Å². The molecule has 0 spiro atoms. The molecule has 0 saturated carbocycles. The lowest BCUT2D eigenvalue weighted by molar-refractivity contribution is 0.304. The summed E-state index contributed by atoms with van der Waals surface area (Å²) in [5.74, 6) is 0.931. The first-order valence-corrected chi connectivity index (χ1v) is 12.8. The Balaban J connectivity index is 1.49. The molecule has 180 valence electrons. The number of hydrogen-bond donors (Lipinski definition) is 0. The molecule has 0 fully saturated rings. The topological polar surface area (TPSA) is 25.4 Å². The molecule has 3 heteroatoms. The van der Waals surface area contributed by atoms with Crippen molar-refractivity contribution in [3.63, 3.8) is 0 Å². The summed E-state index contributed by atoms with van der Waals surface area (Å²) in [6, 6.07) is 33.4. The molecule has 1 heterocycles. The van der Waals surface area contributed by atoms with Gasteiger partial charge in [0.2, 0.25) is 0 Å². The van der Waals surface area contributed by atoms with E-state index < -0.39 is 0 Å². The van der Waals surface area contributed by atoms with Crippen molar-refractivity contribution in [1.29, 1.82) is 0 Å². The van der Waals surface area contributed by atoms with Crippen molar-refractivity contribution in [2.45, 2.75) is 45.4 Å². The van der Waals surface area contributed by atoms with Gasteiger partial charge in [-0.15, -0.1) is 0 Å². The van der Waals surface area contributed by atoms with Crippen molar-refractivity contribution in [1.82, 2.24) is 4.98 Å². The number of nitrogens with zero attached hydrogens (tertiary/aromatic N) is 2. The molecular formula is C32H36N2O. The summed E-state index contributed by atoms with van der Waals surface area (Å²) < 4.78 is 5.98. The summed E-state index contributed by atoms with van der Waals surface area (Å²) >= 11 is 0. The van der Waals surface area contributed by atoms with Gasteiger partial charge in [-0.05, 0) is 42.8 Å². The number of aromatic nitrogens is 1. The van der Waals surface area contributed by atoms with Crippen LogP contribution in [-0.4, -0.2) is 18.6 Å². The number of anilines is 2. The number of benzene rings is 3. The molecule has 0 aliphatic rings. The summed E-state index contributed by atoms with van der Waals surface area (Å²) in [4.78, 5) is 7.19. The van der Waals surface area contributed by atoms with Crippen LogP contribution in [0.15, 0.2) is 97.1 Å². The van der Waals surface area contributed by atoms with Crippen LogP contribution in [0.5, 0.6) is 5.75 Å². The Hall–Kier alpha value is -3.59. The first-order chi connectivity index (χ1) is 17.2. The fraction of sp³-hybridized carbons (Fsp3) is 0.281. The van der Waals surface area contributed by atoms with E-state index in [9.17, 15) is 0 Å². The van der Waals surface area contributed by atoms with Crippen molar-refractivity contribution in [3.8, 4) is 28.3 Å². The van der Waals surface area contributed by atoms with Crippen LogP contribution in [0, 0.1) is 0 Å². The predicted molar refractivity (Wildman–Crippen MR) is 148 cm³/mol. The van der Waals surface area contributed by atoms with Crippen LogP contribution >= 0.6 is 0 Å². The van der Waals surface area contributed by atoms with Crippen LogP contribution in [-0.2, 0) is 0 Å². The maximum atomic E-state index is 5.98. The van der Waals surface area contributed by atoms with E-state index in [1.807, 2.05) is 12.1 Å². The molecule has 0 aliphatic carbocycles. The molecule has 0 aliphatic heterocycles. The maximum Gasteiger partial charge on any atom is 0.119 e. The van der Waals surface area contributed by atoms with Gasteiger partial charge in [0.05, 0.1) is 18.0 Å². The second-order valence-corrected chi connectivity index (χ2v) is 9.00. The predicted octanol–water partition coefficient (Wildman–Crippen LogP) is 8.92. The fourth-order valence-electron chi connectivity index (χ4n) is 4.21. The van der Waals surface area contributed by atoms with Crippen molar-refractivity contribution in [2.24, 2.45) is 0 Å². The minimum Gasteiger partial charge on any atom is -0.494 e. The highest BCUT2D eigenvalue weighted by Gasteiger charge is 2.11. The van der Waals surface area contributed by atoms with Gasteiger partial charge in [0, 0.05) is 29.5 Å². The fourth-order valence-corrected chi connectivity index (χ4v) is 4.21. The van der Waals surface area contributed by atoms with Crippen LogP contribution < -0.4 is 9.64 Å². The van der Waals surface area contributed by atoms with E-state index >= 15 is 0 Å². The third kappa shape index (κ3) is 6.95. The molecule has 0 unspecified atom stereocenters. The number of unbranched alkanes of at least 4 members (excludes halogenated alkanes) is 5. The van der Waals surface area contributed by atoms with Crippen molar-refractivity contribution in [2.75, 3.05) is 18.6 Å². The van der Waals surface area contributed by atoms with Crippen LogP contribution in [0.3, 0.4) is 0 Å². The Morgan fingerprint density at radius 1 is 0.629 bits per heavy atom. The smallest absolute Gasteiger partial charge is 0.119 e. The third-order valence-electron chi connectivity index (χ3n) is 6.33. The zero-order valence-electron chi connectivity index (χ0n) is 21.0. The Kier molecular flexibility index (Phi) is 8.94. The van der Waals surface area contributed by atoms with Gasteiger partial charge in [0.1, 0.15) is 5.75 Å². The first-order valence-electron chi connectivity index (χ1n) is 12.8. The normalized spacial score (nSPS) is 10.8. The van der Waals surface area contributed by atoms with Gasteiger partial charge in [-0.3, -0.25) is 0 Å². The zero-order chi connectivity index (χ0) is 24.3.